The van der Waals surface area contributed by atoms with Crippen LogP contribution in [0.1, 0.15) is 32.6 Å². The second-order valence-corrected chi connectivity index (χ2v) is 4.75. The maximum absolute atomic E-state index is 12.4. The fourth-order valence-electron chi connectivity index (χ4n) is 2.65. The van der Waals surface area contributed by atoms with E-state index >= 15 is 0 Å². The molecule has 2 atom stereocenters. The van der Waals surface area contributed by atoms with E-state index in [2.05, 4.69) is 10.6 Å². The Morgan fingerprint density at radius 3 is 2.88 bits per heavy atom. The largest absolute Gasteiger partial charge is 0.353 e. The number of carbonyl (C=O) groups is 2. The molecule has 2 aliphatic heterocycles. The van der Waals surface area contributed by atoms with E-state index in [0.717, 1.165) is 25.8 Å². The summed E-state index contributed by atoms with van der Waals surface area (Å²) < 4.78 is 0. The topological polar surface area (TPSA) is 61.4 Å². The number of nitrogens with one attached hydrogen (secondary N) is 2. The Balaban J connectivity index is 2.03. The summed E-state index contributed by atoms with van der Waals surface area (Å²) in [6.07, 6.45) is 3.82. The minimum absolute atomic E-state index is 0.0112. The average Bonchev–Trinajstić information content (AvgIpc) is 2.38. The lowest BCUT2D eigenvalue weighted by Crippen LogP contribution is -2.61. The van der Waals surface area contributed by atoms with Crippen molar-refractivity contribution in [3.8, 4) is 0 Å². The first-order valence-corrected chi connectivity index (χ1v) is 6.55. The lowest BCUT2D eigenvalue weighted by Gasteiger charge is -2.37. The Morgan fingerprint density at radius 2 is 2.24 bits per heavy atom. The van der Waals surface area contributed by atoms with Gasteiger partial charge < -0.3 is 15.5 Å². The number of piperazine rings is 1. The Labute approximate surface area is 102 Å². The smallest absolute Gasteiger partial charge is 0.242 e. The highest BCUT2D eigenvalue weighted by atomic mass is 16.2. The predicted octanol–water partition coefficient (Wildman–Crippen LogP) is -0.134. The lowest BCUT2D eigenvalue weighted by atomic mass is 10.0. The molecule has 0 spiro atoms. The van der Waals surface area contributed by atoms with E-state index < -0.39 is 0 Å². The molecule has 0 aromatic carbocycles. The van der Waals surface area contributed by atoms with Crippen LogP contribution in [0.15, 0.2) is 0 Å². The lowest BCUT2D eigenvalue weighted by molar-refractivity contribution is -0.145. The van der Waals surface area contributed by atoms with Gasteiger partial charge in [-0.3, -0.25) is 9.59 Å². The van der Waals surface area contributed by atoms with Gasteiger partial charge in [0.05, 0.1) is 6.04 Å². The quantitative estimate of drug-likeness (QED) is 0.705. The van der Waals surface area contributed by atoms with Gasteiger partial charge in [0.15, 0.2) is 0 Å². The van der Waals surface area contributed by atoms with E-state index in [0.29, 0.717) is 19.5 Å². The molecule has 0 saturated carbocycles. The third kappa shape index (κ3) is 2.60. The normalized spacial score (nSPS) is 29.9. The first kappa shape index (κ1) is 12.4. The second kappa shape index (κ2) is 5.49. The molecule has 2 unspecified atom stereocenters. The zero-order valence-electron chi connectivity index (χ0n) is 10.4. The van der Waals surface area contributed by atoms with E-state index in [9.17, 15) is 9.59 Å². The van der Waals surface area contributed by atoms with Gasteiger partial charge in [0.25, 0.3) is 0 Å². The molecule has 96 valence electrons. The minimum atomic E-state index is -0.278. The zero-order valence-corrected chi connectivity index (χ0v) is 10.4. The molecule has 2 saturated heterocycles. The van der Waals surface area contributed by atoms with E-state index in [1.54, 1.807) is 4.90 Å². The van der Waals surface area contributed by atoms with Crippen LogP contribution in [0.5, 0.6) is 0 Å². The van der Waals surface area contributed by atoms with Crippen LogP contribution in [-0.4, -0.2) is 48.4 Å². The van der Waals surface area contributed by atoms with Gasteiger partial charge in [-0.1, -0.05) is 13.3 Å². The number of hydrogen-bond acceptors (Lipinski definition) is 3. The van der Waals surface area contributed by atoms with Gasteiger partial charge in [-0.05, 0) is 25.8 Å². The number of rotatable bonds is 2. The number of amides is 2. The van der Waals surface area contributed by atoms with Gasteiger partial charge >= 0.3 is 0 Å². The van der Waals surface area contributed by atoms with Crippen molar-refractivity contribution in [1.29, 1.82) is 0 Å². The van der Waals surface area contributed by atoms with Crippen molar-refractivity contribution in [2.75, 3.05) is 19.6 Å². The molecular formula is C12H21N3O2. The van der Waals surface area contributed by atoms with Gasteiger partial charge in [0.1, 0.15) is 6.04 Å². The summed E-state index contributed by atoms with van der Waals surface area (Å²) in [6, 6.07) is -0.358. The highest BCUT2D eigenvalue weighted by Gasteiger charge is 2.35. The molecule has 2 amide bonds. The molecule has 2 rings (SSSR count). The molecule has 17 heavy (non-hydrogen) atoms. The Hall–Kier alpha value is -1.10. The van der Waals surface area contributed by atoms with Gasteiger partial charge in [-0.2, -0.15) is 0 Å². The molecule has 0 aromatic rings. The van der Waals surface area contributed by atoms with E-state index in [1.807, 2.05) is 6.92 Å². The van der Waals surface area contributed by atoms with Crippen molar-refractivity contribution >= 4 is 11.8 Å². The van der Waals surface area contributed by atoms with Crippen LogP contribution in [0, 0.1) is 0 Å². The van der Waals surface area contributed by atoms with E-state index in [1.165, 1.54) is 0 Å². The van der Waals surface area contributed by atoms with Crippen molar-refractivity contribution in [3.05, 3.63) is 0 Å². The minimum Gasteiger partial charge on any atom is -0.353 e. The first-order chi connectivity index (χ1) is 8.24. The third-order valence-corrected chi connectivity index (χ3v) is 3.61. The maximum atomic E-state index is 12.4. The summed E-state index contributed by atoms with van der Waals surface area (Å²) in [4.78, 5) is 25.8. The predicted molar refractivity (Wildman–Crippen MR) is 64.4 cm³/mol. The molecule has 0 aliphatic carbocycles. The van der Waals surface area contributed by atoms with Crippen molar-refractivity contribution in [1.82, 2.24) is 15.5 Å². The number of hydrogen-bond donors (Lipinski definition) is 2. The zero-order chi connectivity index (χ0) is 12.3. The fraction of sp³-hybridized carbons (Fsp3) is 0.833. The van der Waals surface area contributed by atoms with Crippen LogP contribution < -0.4 is 10.6 Å². The van der Waals surface area contributed by atoms with Crippen LogP contribution in [-0.2, 0) is 9.59 Å². The van der Waals surface area contributed by atoms with E-state index in [-0.39, 0.29) is 23.9 Å². The highest BCUT2D eigenvalue weighted by Crippen LogP contribution is 2.15. The molecule has 2 aliphatic rings. The summed E-state index contributed by atoms with van der Waals surface area (Å²) >= 11 is 0. The molecule has 2 heterocycles. The number of piperidine rings is 1. The van der Waals surface area contributed by atoms with Crippen LogP contribution in [0.25, 0.3) is 0 Å². The van der Waals surface area contributed by atoms with Crippen LogP contribution in [0.4, 0.5) is 0 Å². The Bertz CT molecular complexity index is 300. The van der Waals surface area contributed by atoms with E-state index in [4.69, 9.17) is 0 Å². The average molecular weight is 239 g/mol. The molecule has 2 N–H and O–H groups in total. The summed E-state index contributed by atoms with van der Waals surface area (Å²) in [6.45, 7) is 4.08. The summed E-state index contributed by atoms with van der Waals surface area (Å²) in [5.74, 6) is 0.0920. The van der Waals surface area contributed by atoms with Crippen LogP contribution >= 0.6 is 0 Å². The third-order valence-electron chi connectivity index (χ3n) is 3.61. The Morgan fingerprint density at radius 1 is 1.41 bits per heavy atom. The van der Waals surface area contributed by atoms with Crippen LogP contribution in [0.2, 0.25) is 0 Å². The monoisotopic (exact) mass is 239 g/mol. The fourth-order valence-corrected chi connectivity index (χ4v) is 2.65. The molecule has 0 radical (unpaired) electrons. The van der Waals surface area contributed by atoms with Gasteiger partial charge in [0, 0.05) is 13.1 Å². The van der Waals surface area contributed by atoms with Gasteiger partial charge in [-0.25, -0.2) is 0 Å². The van der Waals surface area contributed by atoms with Crippen LogP contribution in [0.3, 0.4) is 0 Å². The van der Waals surface area contributed by atoms with Gasteiger partial charge in [0.2, 0.25) is 11.8 Å². The number of nitrogens with zero attached hydrogens (tertiary/aromatic N) is 1. The molecule has 2 fully saturated rings. The molecule has 5 heteroatoms. The SMILES string of the molecule is CCC1C(=O)NCCN1C(=O)C1CCCCN1. The molecular weight excluding hydrogens is 218 g/mol. The summed E-state index contributed by atoms with van der Waals surface area (Å²) in [7, 11) is 0. The summed E-state index contributed by atoms with van der Waals surface area (Å²) in [5.41, 5.74) is 0. The molecule has 0 aromatic heterocycles. The van der Waals surface area contributed by atoms with Crippen molar-refractivity contribution in [2.45, 2.75) is 44.7 Å². The van der Waals surface area contributed by atoms with Crippen molar-refractivity contribution in [2.24, 2.45) is 0 Å². The molecule has 0 bridgehead atoms. The van der Waals surface area contributed by atoms with Crippen molar-refractivity contribution in [3.63, 3.8) is 0 Å². The molecule has 5 nitrogen and oxygen atoms in total. The second-order valence-electron chi connectivity index (χ2n) is 4.75. The summed E-state index contributed by atoms with van der Waals surface area (Å²) in [5, 5.41) is 6.07. The van der Waals surface area contributed by atoms with Crippen molar-refractivity contribution < 1.29 is 9.59 Å². The standard InChI is InChI=1S/C12H21N3O2/c1-2-10-11(16)14-7-8-15(10)12(17)9-5-3-4-6-13-9/h9-10,13H,2-8H2,1H3,(H,14,16). The van der Waals surface area contributed by atoms with Gasteiger partial charge in [-0.15, -0.1) is 0 Å². The number of carbonyl (C=O) groups excluding carboxylic acids is 2. The first-order valence-electron chi connectivity index (χ1n) is 6.55. The Kier molecular flexibility index (Phi) is 3.99. The maximum Gasteiger partial charge on any atom is 0.242 e. The highest BCUT2D eigenvalue weighted by molar-refractivity contribution is 5.90.